The van der Waals surface area contributed by atoms with Crippen LogP contribution in [0.1, 0.15) is 64.9 Å². The van der Waals surface area contributed by atoms with E-state index in [1.165, 1.54) is 6.07 Å². The first kappa shape index (κ1) is 22.0. The van der Waals surface area contributed by atoms with Gasteiger partial charge in [-0.3, -0.25) is 4.79 Å². The van der Waals surface area contributed by atoms with Crippen LogP contribution >= 0.6 is 0 Å². The van der Waals surface area contributed by atoms with E-state index in [4.69, 9.17) is 13.9 Å². The van der Waals surface area contributed by atoms with Crippen LogP contribution in [0.15, 0.2) is 33.5 Å². The average Bonchev–Trinajstić information content (AvgIpc) is 2.65. The number of benzene rings is 1. The SMILES string of the molecule is CCC(C)(C)C(=O)OCCCCCCCOc1ccc2c(C)cc(=O)oc2c1. The molecule has 0 N–H and O–H groups in total. The fraction of sp³-hybridized carbons (Fsp3) is 0.565. The topological polar surface area (TPSA) is 65.7 Å². The van der Waals surface area contributed by atoms with Crippen molar-refractivity contribution in [1.82, 2.24) is 0 Å². The molecule has 2 rings (SSSR count). The van der Waals surface area contributed by atoms with Gasteiger partial charge >= 0.3 is 11.6 Å². The number of rotatable bonds is 11. The molecule has 0 aliphatic carbocycles. The molecule has 1 aromatic carbocycles. The molecule has 0 amide bonds. The van der Waals surface area contributed by atoms with Gasteiger partial charge < -0.3 is 13.9 Å². The van der Waals surface area contributed by atoms with Gasteiger partial charge in [0.15, 0.2) is 0 Å². The highest BCUT2D eigenvalue weighted by Crippen LogP contribution is 2.23. The Balaban J connectivity index is 1.60. The second kappa shape index (κ2) is 10.3. The Morgan fingerprint density at radius 1 is 1.04 bits per heavy atom. The molecule has 0 radical (unpaired) electrons. The predicted molar refractivity (Wildman–Crippen MR) is 111 cm³/mol. The molecule has 0 saturated heterocycles. The number of esters is 1. The number of carbonyl (C=O) groups is 1. The minimum atomic E-state index is -0.388. The van der Waals surface area contributed by atoms with Crippen LogP contribution in [0.4, 0.5) is 0 Å². The molecular weight excluding hydrogens is 356 g/mol. The lowest BCUT2D eigenvalue weighted by atomic mass is 9.91. The Morgan fingerprint density at radius 2 is 1.71 bits per heavy atom. The third kappa shape index (κ3) is 6.39. The summed E-state index contributed by atoms with van der Waals surface area (Å²) in [5, 5.41) is 0.926. The number of aryl methyl sites for hydroxylation is 1. The minimum Gasteiger partial charge on any atom is -0.493 e. The Bertz CT molecular complexity index is 834. The Hall–Kier alpha value is -2.30. The molecular formula is C23H32O5. The summed E-state index contributed by atoms with van der Waals surface area (Å²) >= 11 is 0. The second-order valence-corrected chi connectivity index (χ2v) is 7.90. The van der Waals surface area contributed by atoms with Gasteiger partial charge in [0, 0.05) is 17.5 Å². The quantitative estimate of drug-likeness (QED) is 0.292. The van der Waals surface area contributed by atoms with Crippen LogP contribution in [0, 0.1) is 12.3 Å². The molecule has 28 heavy (non-hydrogen) atoms. The van der Waals surface area contributed by atoms with Crippen LogP contribution in [0.2, 0.25) is 0 Å². The van der Waals surface area contributed by atoms with Crippen molar-refractivity contribution in [3.63, 3.8) is 0 Å². The fourth-order valence-electron chi connectivity index (χ4n) is 2.82. The third-order valence-electron chi connectivity index (χ3n) is 5.15. The maximum Gasteiger partial charge on any atom is 0.336 e. The second-order valence-electron chi connectivity index (χ2n) is 7.90. The minimum absolute atomic E-state index is 0.107. The van der Waals surface area contributed by atoms with Crippen molar-refractivity contribution in [2.24, 2.45) is 5.41 Å². The molecule has 154 valence electrons. The predicted octanol–water partition coefficient (Wildman–Crippen LogP) is 5.41. The van der Waals surface area contributed by atoms with Gasteiger partial charge in [0.1, 0.15) is 11.3 Å². The molecule has 0 spiro atoms. The summed E-state index contributed by atoms with van der Waals surface area (Å²) in [5.41, 5.74) is 0.734. The van der Waals surface area contributed by atoms with Crippen LogP contribution in [-0.4, -0.2) is 19.2 Å². The molecule has 0 aliphatic rings. The van der Waals surface area contributed by atoms with Crippen molar-refractivity contribution in [3.05, 3.63) is 40.2 Å². The molecule has 0 saturated carbocycles. The van der Waals surface area contributed by atoms with E-state index in [1.54, 1.807) is 6.07 Å². The van der Waals surface area contributed by atoms with Crippen LogP contribution in [0.25, 0.3) is 11.0 Å². The Morgan fingerprint density at radius 3 is 2.43 bits per heavy atom. The number of hydrogen-bond donors (Lipinski definition) is 0. The lowest BCUT2D eigenvalue weighted by Gasteiger charge is -2.20. The number of hydrogen-bond acceptors (Lipinski definition) is 5. The highest BCUT2D eigenvalue weighted by Gasteiger charge is 2.26. The molecule has 0 bridgehead atoms. The summed E-state index contributed by atoms with van der Waals surface area (Å²) in [6.07, 6.45) is 5.84. The summed E-state index contributed by atoms with van der Waals surface area (Å²) in [5.74, 6) is 0.608. The molecule has 0 aliphatic heterocycles. The summed E-state index contributed by atoms with van der Waals surface area (Å²) in [6.45, 7) is 8.85. The van der Waals surface area contributed by atoms with Crippen molar-refractivity contribution in [2.45, 2.75) is 66.2 Å². The maximum absolute atomic E-state index is 11.9. The van der Waals surface area contributed by atoms with Gasteiger partial charge in [0.05, 0.1) is 18.6 Å². The van der Waals surface area contributed by atoms with Crippen molar-refractivity contribution in [2.75, 3.05) is 13.2 Å². The van der Waals surface area contributed by atoms with E-state index in [0.29, 0.717) is 24.5 Å². The normalized spacial score (nSPS) is 11.6. The zero-order valence-electron chi connectivity index (χ0n) is 17.5. The largest absolute Gasteiger partial charge is 0.493 e. The third-order valence-corrected chi connectivity index (χ3v) is 5.15. The van der Waals surface area contributed by atoms with E-state index >= 15 is 0 Å². The van der Waals surface area contributed by atoms with Gasteiger partial charge in [-0.1, -0.05) is 26.2 Å². The van der Waals surface area contributed by atoms with Gasteiger partial charge in [-0.2, -0.15) is 0 Å². The molecule has 5 nitrogen and oxygen atoms in total. The molecule has 1 aromatic heterocycles. The van der Waals surface area contributed by atoms with Gasteiger partial charge in [0.25, 0.3) is 0 Å². The van der Waals surface area contributed by atoms with E-state index in [2.05, 4.69) is 0 Å². The van der Waals surface area contributed by atoms with Crippen molar-refractivity contribution < 1.29 is 18.7 Å². The van der Waals surface area contributed by atoms with Gasteiger partial charge in [0.2, 0.25) is 0 Å². The van der Waals surface area contributed by atoms with E-state index in [-0.39, 0.29) is 17.0 Å². The number of fused-ring (bicyclic) bond motifs is 1. The maximum atomic E-state index is 11.9. The Labute approximate surface area is 167 Å². The van der Waals surface area contributed by atoms with Crippen LogP contribution in [0.5, 0.6) is 5.75 Å². The number of ether oxygens (including phenoxy) is 2. The van der Waals surface area contributed by atoms with E-state index in [9.17, 15) is 9.59 Å². The molecule has 0 fully saturated rings. The monoisotopic (exact) mass is 388 g/mol. The molecule has 0 atom stereocenters. The van der Waals surface area contributed by atoms with Gasteiger partial charge in [-0.05, 0) is 57.7 Å². The summed E-state index contributed by atoms with van der Waals surface area (Å²) in [6, 6.07) is 7.09. The lowest BCUT2D eigenvalue weighted by Crippen LogP contribution is -2.26. The standard InChI is InChI=1S/C23H32O5/c1-5-23(3,4)22(25)27-14-10-8-6-7-9-13-26-18-11-12-19-17(2)15-21(24)28-20(19)16-18/h11-12,15-16H,5-10,13-14H2,1-4H3. The fourth-order valence-corrected chi connectivity index (χ4v) is 2.82. The molecule has 0 unspecified atom stereocenters. The first-order valence-corrected chi connectivity index (χ1v) is 10.2. The number of unbranched alkanes of at least 4 members (excludes halogenated alkanes) is 4. The first-order valence-electron chi connectivity index (χ1n) is 10.2. The van der Waals surface area contributed by atoms with Gasteiger partial charge in [-0.25, -0.2) is 4.79 Å². The molecule has 2 aromatic rings. The average molecular weight is 389 g/mol. The molecule has 5 heteroatoms. The van der Waals surface area contributed by atoms with Crippen molar-refractivity contribution in [3.8, 4) is 5.75 Å². The van der Waals surface area contributed by atoms with Crippen molar-refractivity contribution in [1.29, 1.82) is 0 Å². The molecule has 1 heterocycles. The summed E-state index contributed by atoms with van der Waals surface area (Å²) in [7, 11) is 0. The van der Waals surface area contributed by atoms with Crippen LogP contribution < -0.4 is 10.4 Å². The lowest BCUT2D eigenvalue weighted by molar-refractivity contribution is -0.154. The Kier molecular flexibility index (Phi) is 8.09. The smallest absolute Gasteiger partial charge is 0.336 e. The zero-order valence-corrected chi connectivity index (χ0v) is 17.5. The van der Waals surface area contributed by atoms with Crippen molar-refractivity contribution >= 4 is 16.9 Å². The van der Waals surface area contributed by atoms with E-state index < -0.39 is 0 Å². The van der Waals surface area contributed by atoms with Gasteiger partial charge in [-0.15, -0.1) is 0 Å². The van der Waals surface area contributed by atoms with Crippen LogP contribution in [-0.2, 0) is 9.53 Å². The highest BCUT2D eigenvalue weighted by molar-refractivity contribution is 5.81. The zero-order chi connectivity index (χ0) is 20.6. The first-order chi connectivity index (χ1) is 13.3. The van der Waals surface area contributed by atoms with E-state index in [0.717, 1.165) is 49.5 Å². The number of carbonyl (C=O) groups excluding carboxylic acids is 1. The van der Waals surface area contributed by atoms with Crippen LogP contribution in [0.3, 0.4) is 0 Å². The highest BCUT2D eigenvalue weighted by atomic mass is 16.5. The summed E-state index contributed by atoms with van der Waals surface area (Å²) < 4.78 is 16.4. The van der Waals surface area contributed by atoms with E-state index in [1.807, 2.05) is 39.8 Å². The summed E-state index contributed by atoms with van der Waals surface area (Å²) in [4.78, 5) is 23.4.